The van der Waals surface area contributed by atoms with Gasteiger partial charge in [0, 0.05) is 11.1 Å². The molecular formula is C12H17NO3. The van der Waals surface area contributed by atoms with Gasteiger partial charge in [0.25, 0.3) is 11.8 Å². The number of aliphatic hydroxyl groups is 1. The van der Waals surface area contributed by atoms with Gasteiger partial charge in [-0.05, 0) is 26.7 Å². The van der Waals surface area contributed by atoms with E-state index in [1.165, 1.54) is 4.90 Å². The molecule has 0 aromatic heterocycles. The molecule has 4 heteroatoms. The Morgan fingerprint density at radius 2 is 1.56 bits per heavy atom. The number of amides is 2. The largest absolute Gasteiger partial charge is 0.394 e. The molecule has 1 N–H and O–H groups in total. The molecule has 1 aliphatic carbocycles. The Kier molecular flexibility index (Phi) is 2.62. The fourth-order valence-electron chi connectivity index (χ4n) is 2.66. The van der Waals surface area contributed by atoms with Crippen LogP contribution < -0.4 is 0 Å². The second-order valence-electron chi connectivity index (χ2n) is 4.79. The molecule has 2 amide bonds. The lowest BCUT2D eigenvalue weighted by atomic mass is 9.96. The van der Waals surface area contributed by atoms with Crippen molar-refractivity contribution in [2.24, 2.45) is 0 Å². The summed E-state index contributed by atoms with van der Waals surface area (Å²) in [6, 6.07) is 0. The van der Waals surface area contributed by atoms with Crippen molar-refractivity contribution >= 4 is 11.8 Å². The Labute approximate surface area is 94.9 Å². The molecule has 88 valence electrons. The van der Waals surface area contributed by atoms with Crippen LogP contribution in [0.1, 0.15) is 39.5 Å². The molecule has 2 rings (SSSR count). The maximum absolute atomic E-state index is 12.0. The molecule has 1 aliphatic heterocycles. The summed E-state index contributed by atoms with van der Waals surface area (Å²) in [6.45, 7) is 3.23. The van der Waals surface area contributed by atoms with Crippen LogP contribution in [0.3, 0.4) is 0 Å². The third-order valence-corrected chi connectivity index (χ3v) is 3.91. The predicted molar refractivity (Wildman–Crippen MR) is 58.5 cm³/mol. The molecule has 0 saturated heterocycles. The minimum absolute atomic E-state index is 0.120. The van der Waals surface area contributed by atoms with Gasteiger partial charge in [-0.15, -0.1) is 0 Å². The summed E-state index contributed by atoms with van der Waals surface area (Å²) in [5.74, 6) is -0.447. The zero-order chi connectivity index (χ0) is 11.9. The first-order chi connectivity index (χ1) is 7.53. The van der Waals surface area contributed by atoms with Gasteiger partial charge in [0.2, 0.25) is 0 Å². The van der Waals surface area contributed by atoms with E-state index < -0.39 is 5.54 Å². The number of rotatable bonds is 2. The van der Waals surface area contributed by atoms with Crippen molar-refractivity contribution in [3.63, 3.8) is 0 Å². The van der Waals surface area contributed by atoms with Crippen LogP contribution in [0.4, 0.5) is 0 Å². The van der Waals surface area contributed by atoms with Crippen molar-refractivity contribution in [2.45, 2.75) is 45.1 Å². The van der Waals surface area contributed by atoms with Crippen LogP contribution in [-0.2, 0) is 9.59 Å². The van der Waals surface area contributed by atoms with E-state index in [4.69, 9.17) is 0 Å². The van der Waals surface area contributed by atoms with E-state index in [-0.39, 0.29) is 18.4 Å². The van der Waals surface area contributed by atoms with E-state index in [0.29, 0.717) is 11.1 Å². The molecule has 1 heterocycles. The summed E-state index contributed by atoms with van der Waals surface area (Å²) in [4.78, 5) is 25.3. The molecule has 2 aliphatic rings. The third-order valence-electron chi connectivity index (χ3n) is 3.91. The standard InChI is InChI=1S/C12H17NO3/c1-8-9(2)11(16)13(10(8)15)12(7-14)5-3-4-6-12/h14H,3-7H2,1-2H3. The first kappa shape index (κ1) is 11.3. The van der Waals surface area contributed by atoms with Crippen LogP contribution in [0.25, 0.3) is 0 Å². The van der Waals surface area contributed by atoms with Gasteiger partial charge in [0.1, 0.15) is 0 Å². The van der Waals surface area contributed by atoms with Crippen molar-refractivity contribution in [1.29, 1.82) is 0 Å². The number of hydrogen-bond acceptors (Lipinski definition) is 3. The molecule has 0 radical (unpaired) electrons. The van der Waals surface area contributed by atoms with Crippen LogP contribution >= 0.6 is 0 Å². The summed E-state index contributed by atoms with van der Waals surface area (Å²) in [7, 11) is 0. The van der Waals surface area contributed by atoms with Gasteiger partial charge in [-0.3, -0.25) is 14.5 Å². The summed E-state index contributed by atoms with van der Waals surface area (Å²) in [5, 5.41) is 9.52. The highest BCUT2D eigenvalue weighted by molar-refractivity contribution is 6.19. The Hall–Kier alpha value is -1.16. The van der Waals surface area contributed by atoms with Crippen LogP contribution in [-0.4, -0.2) is 34.0 Å². The smallest absolute Gasteiger partial charge is 0.257 e. The molecule has 0 aromatic carbocycles. The van der Waals surface area contributed by atoms with E-state index in [2.05, 4.69) is 0 Å². The van der Waals surface area contributed by atoms with Crippen LogP contribution in [0.2, 0.25) is 0 Å². The van der Waals surface area contributed by atoms with Gasteiger partial charge >= 0.3 is 0 Å². The van der Waals surface area contributed by atoms with Gasteiger partial charge < -0.3 is 5.11 Å². The van der Waals surface area contributed by atoms with E-state index in [1.807, 2.05) is 0 Å². The second kappa shape index (κ2) is 3.70. The fraction of sp³-hybridized carbons (Fsp3) is 0.667. The lowest BCUT2D eigenvalue weighted by Gasteiger charge is -2.35. The predicted octanol–water partition coefficient (Wildman–Crippen LogP) is 0.997. The van der Waals surface area contributed by atoms with E-state index in [0.717, 1.165) is 25.7 Å². The monoisotopic (exact) mass is 223 g/mol. The third kappa shape index (κ3) is 1.33. The number of hydrogen-bond donors (Lipinski definition) is 1. The first-order valence-corrected chi connectivity index (χ1v) is 5.71. The Balaban J connectivity index is 2.36. The molecule has 16 heavy (non-hydrogen) atoms. The summed E-state index contributed by atoms with van der Waals surface area (Å²) in [5.41, 5.74) is 0.405. The molecule has 1 saturated carbocycles. The molecule has 0 aromatic rings. The summed E-state index contributed by atoms with van der Waals surface area (Å²) in [6.07, 6.45) is 3.38. The minimum atomic E-state index is -0.632. The molecule has 4 nitrogen and oxygen atoms in total. The topological polar surface area (TPSA) is 57.6 Å². The quantitative estimate of drug-likeness (QED) is 0.710. The Bertz CT molecular complexity index is 354. The van der Waals surface area contributed by atoms with Crippen LogP contribution in [0.5, 0.6) is 0 Å². The number of imide groups is 1. The van der Waals surface area contributed by atoms with Gasteiger partial charge in [0.05, 0.1) is 12.1 Å². The van der Waals surface area contributed by atoms with Crippen molar-refractivity contribution in [2.75, 3.05) is 6.61 Å². The highest BCUT2D eigenvalue weighted by atomic mass is 16.3. The number of aliphatic hydroxyl groups excluding tert-OH is 1. The first-order valence-electron chi connectivity index (χ1n) is 5.71. The van der Waals surface area contributed by atoms with E-state index >= 15 is 0 Å². The van der Waals surface area contributed by atoms with Crippen molar-refractivity contribution in [3.8, 4) is 0 Å². The van der Waals surface area contributed by atoms with Gasteiger partial charge in [-0.2, -0.15) is 0 Å². The highest BCUT2D eigenvalue weighted by Gasteiger charge is 2.49. The fourth-order valence-corrected chi connectivity index (χ4v) is 2.66. The zero-order valence-corrected chi connectivity index (χ0v) is 9.75. The Morgan fingerprint density at radius 1 is 1.12 bits per heavy atom. The van der Waals surface area contributed by atoms with Gasteiger partial charge in [-0.1, -0.05) is 12.8 Å². The Morgan fingerprint density at radius 3 is 1.94 bits per heavy atom. The lowest BCUT2D eigenvalue weighted by Crippen LogP contribution is -2.53. The highest BCUT2D eigenvalue weighted by Crippen LogP contribution is 2.39. The number of carbonyl (C=O) groups excluding carboxylic acids is 2. The zero-order valence-electron chi connectivity index (χ0n) is 9.75. The second-order valence-corrected chi connectivity index (χ2v) is 4.79. The van der Waals surface area contributed by atoms with Gasteiger partial charge in [-0.25, -0.2) is 0 Å². The van der Waals surface area contributed by atoms with Crippen molar-refractivity contribution in [1.82, 2.24) is 4.90 Å². The SMILES string of the molecule is CC1=C(C)C(=O)N(C2(CO)CCCC2)C1=O. The van der Waals surface area contributed by atoms with Crippen LogP contribution in [0.15, 0.2) is 11.1 Å². The average Bonchev–Trinajstić information content (AvgIpc) is 2.82. The normalized spacial score (nSPS) is 24.8. The average molecular weight is 223 g/mol. The maximum Gasteiger partial charge on any atom is 0.257 e. The van der Waals surface area contributed by atoms with E-state index in [9.17, 15) is 14.7 Å². The number of carbonyl (C=O) groups is 2. The summed E-state index contributed by atoms with van der Waals surface area (Å²) >= 11 is 0. The number of nitrogens with zero attached hydrogens (tertiary/aromatic N) is 1. The van der Waals surface area contributed by atoms with Crippen LogP contribution in [0, 0.1) is 0 Å². The van der Waals surface area contributed by atoms with Crippen molar-refractivity contribution in [3.05, 3.63) is 11.1 Å². The maximum atomic E-state index is 12.0. The lowest BCUT2D eigenvalue weighted by molar-refractivity contribution is -0.146. The molecule has 0 spiro atoms. The molecular weight excluding hydrogens is 206 g/mol. The van der Waals surface area contributed by atoms with E-state index in [1.54, 1.807) is 13.8 Å². The molecule has 0 atom stereocenters. The minimum Gasteiger partial charge on any atom is -0.394 e. The van der Waals surface area contributed by atoms with Crippen molar-refractivity contribution < 1.29 is 14.7 Å². The molecule has 1 fully saturated rings. The summed E-state index contributed by atoms with van der Waals surface area (Å²) < 4.78 is 0. The molecule has 0 unspecified atom stereocenters. The van der Waals surface area contributed by atoms with Gasteiger partial charge in [0.15, 0.2) is 0 Å². The molecule has 0 bridgehead atoms.